The van der Waals surface area contributed by atoms with Gasteiger partial charge in [-0.2, -0.15) is 0 Å². The van der Waals surface area contributed by atoms with E-state index in [9.17, 15) is 9.90 Å². The molecule has 122 valence electrons. The lowest BCUT2D eigenvalue weighted by atomic mass is 9.91. The van der Waals surface area contributed by atoms with Crippen molar-refractivity contribution in [3.63, 3.8) is 0 Å². The lowest BCUT2D eigenvalue weighted by Gasteiger charge is -2.34. The highest BCUT2D eigenvalue weighted by molar-refractivity contribution is 5.91. The Morgan fingerprint density at radius 1 is 1.35 bits per heavy atom. The number of hydrogen-bond acceptors (Lipinski definition) is 6. The third-order valence-corrected chi connectivity index (χ3v) is 4.57. The minimum Gasteiger partial charge on any atom is -0.467 e. The summed E-state index contributed by atoms with van der Waals surface area (Å²) in [4.78, 5) is 22.5. The van der Waals surface area contributed by atoms with E-state index in [4.69, 9.17) is 0 Å². The predicted octanol–water partition coefficient (Wildman–Crippen LogP) is 1.69. The maximum atomic E-state index is 11.5. The van der Waals surface area contributed by atoms with Gasteiger partial charge >= 0.3 is 5.97 Å². The van der Waals surface area contributed by atoms with Gasteiger partial charge in [0.25, 0.3) is 0 Å². The second-order valence-corrected chi connectivity index (χ2v) is 5.96. The summed E-state index contributed by atoms with van der Waals surface area (Å²) in [5.74, 6) is 0.310. The first-order valence-corrected chi connectivity index (χ1v) is 7.83. The van der Waals surface area contributed by atoms with Gasteiger partial charge in [-0.15, -0.1) is 0 Å². The molecule has 0 saturated carbocycles. The first-order valence-electron chi connectivity index (χ1n) is 7.83. The highest BCUT2D eigenvalue weighted by Gasteiger charge is 2.31. The van der Waals surface area contributed by atoms with Crippen LogP contribution in [0.3, 0.4) is 0 Å². The number of anilines is 1. The maximum Gasteiger partial charge on any atom is 0.334 e. The SMILES string of the molecule is COC(=O)C(O)C1CCN(c2ncnc3c(C)cccc23)CC1. The molecule has 0 bridgehead atoms. The molecule has 1 aliphatic heterocycles. The van der Waals surface area contributed by atoms with Gasteiger partial charge in [-0.25, -0.2) is 14.8 Å². The molecule has 1 atom stereocenters. The van der Waals surface area contributed by atoms with Crippen LogP contribution in [0.2, 0.25) is 0 Å². The average molecular weight is 315 g/mol. The van der Waals surface area contributed by atoms with Crippen LogP contribution in [0.4, 0.5) is 5.82 Å². The second kappa shape index (κ2) is 6.50. The molecule has 0 spiro atoms. The zero-order valence-electron chi connectivity index (χ0n) is 13.4. The van der Waals surface area contributed by atoms with E-state index in [1.165, 1.54) is 7.11 Å². The quantitative estimate of drug-likeness (QED) is 0.869. The van der Waals surface area contributed by atoms with E-state index in [1.54, 1.807) is 6.33 Å². The summed E-state index contributed by atoms with van der Waals surface area (Å²) in [6.07, 6.45) is 2.02. The minimum atomic E-state index is -1.04. The van der Waals surface area contributed by atoms with E-state index in [2.05, 4.69) is 19.6 Å². The predicted molar refractivity (Wildman–Crippen MR) is 87.2 cm³/mol. The molecule has 1 aliphatic rings. The summed E-state index contributed by atoms with van der Waals surface area (Å²) < 4.78 is 4.62. The first kappa shape index (κ1) is 15.7. The second-order valence-electron chi connectivity index (χ2n) is 5.96. The Balaban J connectivity index is 1.78. The molecule has 2 heterocycles. The fraction of sp³-hybridized carbons (Fsp3) is 0.471. The van der Waals surface area contributed by atoms with Gasteiger partial charge in [0.1, 0.15) is 12.1 Å². The number of carbonyl (C=O) groups excluding carboxylic acids is 1. The van der Waals surface area contributed by atoms with Crippen LogP contribution in [0, 0.1) is 12.8 Å². The Morgan fingerprint density at radius 3 is 2.78 bits per heavy atom. The largest absolute Gasteiger partial charge is 0.467 e. The number of esters is 1. The molecule has 1 saturated heterocycles. The molecule has 1 fully saturated rings. The maximum absolute atomic E-state index is 11.5. The van der Waals surface area contributed by atoms with Crippen molar-refractivity contribution >= 4 is 22.7 Å². The Hall–Kier alpha value is -2.21. The van der Waals surface area contributed by atoms with Crippen LogP contribution in [0.15, 0.2) is 24.5 Å². The van der Waals surface area contributed by atoms with E-state index in [1.807, 2.05) is 25.1 Å². The summed E-state index contributed by atoms with van der Waals surface area (Å²) >= 11 is 0. The number of benzene rings is 1. The van der Waals surface area contributed by atoms with Crippen LogP contribution in [-0.4, -0.2) is 47.3 Å². The highest BCUT2D eigenvalue weighted by Crippen LogP contribution is 2.29. The van der Waals surface area contributed by atoms with Gasteiger partial charge in [-0.05, 0) is 37.3 Å². The fourth-order valence-electron chi connectivity index (χ4n) is 3.21. The molecule has 1 N–H and O–H groups in total. The number of carbonyl (C=O) groups is 1. The van der Waals surface area contributed by atoms with Crippen molar-refractivity contribution < 1.29 is 14.6 Å². The molecule has 6 heteroatoms. The molecule has 6 nitrogen and oxygen atoms in total. The molecule has 0 radical (unpaired) electrons. The topological polar surface area (TPSA) is 75.6 Å². The Labute approximate surface area is 135 Å². The van der Waals surface area contributed by atoms with E-state index >= 15 is 0 Å². The van der Waals surface area contributed by atoms with Gasteiger partial charge in [-0.1, -0.05) is 12.1 Å². The van der Waals surface area contributed by atoms with E-state index in [0.717, 1.165) is 48.2 Å². The van der Waals surface area contributed by atoms with Crippen LogP contribution in [-0.2, 0) is 9.53 Å². The van der Waals surface area contributed by atoms with Crippen LogP contribution in [0.5, 0.6) is 0 Å². The number of hydrogen-bond donors (Lipinski definition) is 1. The zero-order valence-corrected chi connectivity index (χ0v) is 13.4. The fourth-order valence-corrected chi connectivity index (χ4v) is 3.21. The number of nitrogens with zero attached hydrogens (tertiary/aromatic N) is 3. The molecule has 23 heavy (non-hydrogen) atoms. The Morgan fingerprint density at radius 2 is 2.09 bits per heavy atom. The number of aryl methyl sites for hydroxylation is 1. The van der Waals surface area contributed by atoms with Crippen molar-refractivity contribution in [1.82, 2.24) is 9.97 Å². The van der Waals surface area contributed by atoms with Gasteiger partial charge in [0.05, 0.1) is 12.6 Å². The summed E-state index contributed by atoms with van der Waals surface area (Å²) in [5.41, 5.74) is 2.09. The molecule has 3 rings (SSSR count). The first-order chi connectivity index (χ1) is 11.1. The number of ether oxygens (including phenoxy) is 1. The summed E-state index contributed by atoms with van der Waals surface area (Å²) in [6, 6.07) is 6.09. The molecular weight excluding hydrogens is 294 g/mol. The molecule has 2 aromatic rings. The van der Waals surface area contributed by atoms with Crippen molar-refractivity contribution in [2.24, 2.45) is 5.92 Å². The van der Waals surface area contributed by atoms with Crippen molar-refractivity contribution in [1.29, 1.82) is 0 Å². The summed E-state index contributed by atoms with van der Waals surface area (Å²) in [6.45, 7) is 3.54. The third-order valence-electron chi connectivity index (χ3n) is 4.57. The molecule has 1 unspecified atom stereocenters. The number of rotatable bonds is 3. The average Bonchev–Trinajstić information content (AvgIpc) is 2.60. The monoisotopic (exact) mass is 315 g/mol. The van der Waals surface area contributed by atoms with Crippen LogP contribution in [0.25, 0.3) is 10.9 Å². The van der Waals surface area contributed by atoms with Crippen LogP contribution >= 0.6 is 0 Å². The molecule has 0 aliphatic carbocycles. The van der Waals surface area contributed by atoms with Gasteiger partial charge in [0.15, 0.2) is 6.10 Å². The number of piperidine rings is 1. The smallest absolute Gasteiger partial charge is 0.334 e. The summed E-state index contributed by atoms with van der Waals surface area (Å²) in [7, 11) is 1.30. The molecule has 1 aromatic heterocycles. The number of aliphatic hydroxyl groups excluding tert-OH is 1. The van der Waals surface area contributed by atoms with Crippen molar-refractivity contribution in [2.75, 3.05) is 25.1 Å². The Bertz CT molecular complexity index is 711. The van der Waals surface area contributed by atoms with Gasteiger partial charge in [0, 0.05) is 18.5 Å². The highest BCUT2D eigenvalue weighted by atomic mass is 16.5. The lowest BCUT2D eigenvalue weighted by Crippen LogP contribution is -2.41. The van der Waals surface area contributed by atoms with E-state index in [0.29, 0.717) is 0 Å². The van der Waals surface area contributed by atoms with Crippen LogP contribution < -0.4 is 4.90 Å². The zero-order chi connectivity index (χ0) is 16.4. The summed E-state index contributed by atoms with van der Waals surface area (Å²) in [5, 5.41) is 11.0. The Kier molecular flexibility index (Phi) is 4.43. The number of para-hydroxylation sites is 1. The number of aliphatic hydroxyl groups is 1. The lowest BCUT2D eigenvalue weighted by molar-refractivity contribution is -0.153. The number of fused-ring (bicyclic) bond motifs is 1. The third kappa shape index (κ3) is 2.99. The molecule has 1 aromatic carbocycles. The number of methoxy groups -OCH3 is 1. The standard InChI is InChI=1S/C17H21N3O3/c1-11-4-3-5-13-14(11)18-10-19-16(13)20-8-6-12(7-9-20)15(21)17(22)23-2/h3-5,10,12,15,21H,6-9H2,1-2H3. The van der Waals surface area contributed by atoms with Crippen molar-refractivity contribution in [3.8, 4) is 0 Å². The van der Waals surface area contributed by atoms with Gasteiger partial charge in [-0.3, -0.25) is 0 Å². The van der Waals surface area contributed by atoms with Crippen molar-refractivity contribution in [2.45, 2.75) is 25.9 Å². The minimum absolute atomic E-state index is 0.0615. The van der Waals surface area contributed by atoms with Crippen LogP contribution in [0.1, 0.15) is 18.4 Å². The molecule has 0 amide bonds. The molecular formula is C17H21N3O3. The number of aromatic nitrogens is 2. The van der Waals surface area contributed by atoms with E-state index < -0.39 is 12.1 Å². The van der Waals surface area contributed by atoms with Gasteiger partial charge in [0.2, 0.25) is 0 Å². The van der Waals surface area contributed by atoms with Crippen molar-refractivity contribution in [3.05, 3.63) is 30.1 Å². The normalized spacial score (nSPS) is 17.3. The van der Waals surface area contributed by atoms with Gasteiger partial charge < -0.3 is 14.7 Å². The van der Waals surface area contributed by atoms with E-state index in [-0.39, 0.29) is 5.92 Å².